The predicted octanol–water partition coefficient (Wildman–Crippen LogP) is 6.62. The molecule has 0 spiro atoms. The second kappa shape index (κ2) is 11.5. The van der Waals surface area contributed by atoms with Crippen molar-refractivity contribution in [2.45, 2.75) is 68.2 Å². The van der Waals surface area contributed by atoms with E-state index in [0.717, 1.165) is 16.7 Å². The van der Waals surface area contributed by atoms with E-state index < -0.39 is 10.8 Å². The molecular weight excluding hydrogens is 456 g/mol. The lowest BCUT2D eigenvalue weighted by molar-refractivity contribution is -0.143. The molecular formula is C30H38O6. The number of hydrogen-bond acceptors (Lipinski definition) is 6. The van der Waals surface area contributed by atoms with Gasteiger partial charge in [-0.05, 0) is 102 Å². The van der Waals surface area contributed by atoms with Crippen LogP contribution in [0.3, 0.4) is 0 Å². The van der Waals surface area contributed by atoms with Crippen LogP contribution in [0.5, 0.6) is 17.2 Å². The van der Waals surface area contributed by atoms with Crippen LogP contribution in [-0.2, 0) is 22.4 Å². The SMILES string of the molecule is CCc1cc(C=CC(=O)c2ccc(OC(=O)C(C)(C)C)cc2)c(OC)c(CC)c1OC(=O)C(C)(C)C. The fourth-order valence-corrected chi connectivity index (χ4v) is 3.32. The second-order valence-electron chi connectivity index (χ2n) is 10.7. The van der Waals surface area contributed by atoms with Crippen molar-refractivity contribution in [3.05, 3.63) is 58.7 Å². The maximum Gasteiger partial charge on any atom is 0.316 e. The quantitative estimate of drug-likeness (QED) is 0.178. The molecule has 194 valence electrons. The second-order valence-corrected chi connectivity index (χ2v) is 10.7. The van der Waals surface area contributed by atoms with Crippen LogP contribution in [0.1, 0.15) is 82.4 Å². The number of ketones is 1. The highest BCUT2D eigenvalue weighted by molar-refractivity contribution is 6.07. The molecule has 0 unspecified atom stereocenters. The third-order valence-corrected chi connectivity index (χ3v) is 5.55. The summed E-state index contributed by atoms with van der Waals surface area (Å²) in [5.74, 6) is 0.621. The first-order chi connectivity index (χ1) is 16.7. The van der Waals surface area contributed by atoms with E-state index in [1.165, 1.54) is 6.08 Å². The van der Waals surface area contributed by atoms with Crippen LogP contribution in [0.2, 0.25) is 0 Å². The highest BCUT2D eigenvalue weighted by Gasteiger charge is 2.27. The standard InChI is InChI=1S/C30H38O6/c1-10-19-18-21(25(34-9)23(11-2)26(19)36-28(33)30(6,7)8)14-17-24(31)20-12-15-22(16-13-20)35-27(32)29(3,4)5/h12-18H,10-11H2,1-9H3. The molecule has 0 radical (unpaired) electrons. The third-order valence-electron chi connectivity index (χ3n) is 5.55. The highest BCUT2D eigenvalue weighted by Crippen LogP contribution is 2.38. The van der Waals surface area contributed by atoms with E-state index in [-0.39, 0.29) is 17.7 Å². The summed E-state index contributed by atoms with van der Waals surface area (Å²) >= 11 is 0. The Labute approximate surface area is 214 Å². The molecule has 0 fully saturated rings. The van der Waals surface area contributed by atoms with Crippen molar-refractivity contribution in [2.75, 3.05) is 7.11 Å². The number of aryl methyl sites for hydroxylation is 1. The van der Waals surface area contributed by atoms with Gasteiger partial charge in [-0.3, -0.25) is 14.4 Å². The van der Waals surface area contributed by atoms with Crippen molar-refractivity contribution in [1.82, 2.24) is 0 Å². The Hall–Kier alpha value is -3.41. The molecule has 0 aliphatic heterocycles. The summed E-state index contributed by atoms with van der Waals surface area (Å²) in [5.41, 5.74) is 1.57. The van der Waals surface area contributed by atoms with E-state index in [9.17, 15) is 14.4 Å². The molecule has 0 aliphatic rings. The number of hydrogen-bond donors (Lipinski definition) is 0. The lowest BCUT2D eigenvalue weighted by Gasteiger charge is -2.22. The molecule has 0 aromatic heterocycles. The summed E-state index contributed by atoms with van der Waals surface area (Å²) in [6.45, 7) is 14.7. The molecule has 0 amide bonds. The third kappa shape index (κ3) is 7.06. The van der Waals surface area contributed by atoms with E-state index in [1.54, 1.807) is 58.2 Å². The molecule has 0 aliphatic carbocycles. The van der Waals surface area contributed by atoms with Gasteiger partial charge >= 0.3 is 11.9 Å². The van der Waals surface area contributed by atoms with Crippen molar-refractivity contribution in [3.8, 4) is 17.2 Å². The molecule has 2 rings (SSSR count). The van der Waals surface area contributed by atoms with Gasteiger partial charge in [0.15, 0.2) is 5.78 Å². The lowest BCUT2D eigenvalue weighted by atomic mass is 9.95. The molecule has 0 saturated carbocycles. The number of allylic oxidation sites excluding steroid dienone is 1. The zero-order valence-electron chi connectivity index (χ0n) is 22.9. The van der Waals surface area contributed by atoms with Crippen molar-refractivity contribution in [1.29, 1.82) is 0 Å². The Morgan fingerprint density at radius 2 is 1.36 bits per heavy atom. The van der Waals surface area contributed by atoms with Crippen molar-refractivity contribution in [2.24, 2.45) is 10.8 Å². The Morgan fingerprint density at radius 3 is 1.83 bits per heavy atom. The fraction of sp³-hybridized carbons (Fsp3) is 0.433. The first-order valence-electron chi connectivity index (χ1n) is 12.2. The van der Waals surface area contributed by atoms with Crippen LogP contribution in [0.15, 0.2) is 36.4 Å². The van der Waals surface area contributed by atoms with Gasteiger partial charge in [0.25, 0.3) is 0 Å². The van der Waals surface area contributed by atoms with E-state index in [1.807, 2.05) is 40.7 Å². The average Bonchev–Trinajstić information content (AvgIpc) is 2.81. The smallest absolute Gasteiger partial charge is 0.316 e. The summed E-state index contributed by atoms with van der Waals surface area (Å²) in [6, 6.07) is 8.35. The Morgan fingerprint density at radius 1 is 0.806 bits per heavy atom. The summed E-state index contributed by atoms with van der Waals surface area (Å²) in [7, 11) is 1.56. The summed E-state index contributed by atoms with van der Waals surface area (Å²) in [5, 5.41) is 0. The average molecular weight is 495 g/mol. The number of esters is 2. The number of ether oxygens (including phenoxy) is 3. The minimum Gasteiger partial charge on any atom is -0.496 e. The van der Waals surface area contributed by atoms with Crippen LogP contribution in [0.25, 0.3) is 6.08 Å². The van der Waals surface area contributed by atoms with Gasteiger partial charge in [0, 0.05) is 16.7 Å². The maximum atomic E-state index is 12.8. The largest absolute Gasteiger partial charge is 0.496 e. The summed E-state index contributed by atoms with van der Waals surface area (Å²) in [4.78, 5) is 37.5. The number of rotatable bonds is 8. The normalized spacial score (nSPS) is 11.9. The van der Waals surface area contributed by atoms with Gasteiger partial charge in [-0.2, -0.15) is 0 Å². The van der Waals surface area contributed by atoms with Crippen LogP contribution >= 0.6 is 0 Å². The first kappa shape index (κ1) is 28.8. The molecule has 0 heterocycles. The molecule has 0 saturated heterocycles. The molecule has 6 nitrogen and oxygen atoms in total. The van der Waals surface area contributed by atoms with Crippen molar-refractivity contribution >= 4 is 23.8 Å². The molecule has 0 N–H and O–H groups in total. The summed E-state index contributed by atoms with van der Waals surface area (Å²) in [6.07, 6.45) is 4.43. The van der Waals surface area contributed by atoms with E-state index in [0.29, 0.717) is 35.7 Å². The first-order valence-corrected chi connectivity index (χ1v) is 12.2. The maximum absolute atomic E-state index is 12.8. The molecule has 2 aromatic rings. The number of carbonyl (C=O) groups excluding carboxylic acids is 3. The molecule has 6 heteroatoms. The fourth-order valence-electron chi connectivity index (χ4n) is 3.32. The Balaban J connectivity index is 2.35. The molecule has 36 heavy (non-hydrogen) atoms. The monoisotopic (exact) mass is 494 g/mol. The van der Waals surface area contributed by atoms with E-state index in [2.05, 4.69) is 0 Å². The van der Waals surface area contributed by atoms with Crippen LogP contribution < -0.4 is 14.2 Å². The predicted molar refractivity (Wildman–Crippen MR) is 142 cm³/mol. The Kier molecular flexibility index (Phi) is 9.25. The number of benzene rings is 2. The van der Waals surface area contributed by atoms with Gasteiger partial charge in [-0.1, -0.05) is 13.8 Å². The van der Waals surface area contributed by atoms with Crippen molar-refractivity contribution in [3.63, 3.8) is 0 Å². The highest BCUT2D eigenvalue weighted by atomic mass is 16.5. The summed E-state index contributed by atoms with van der Waals surface area (Å²) < 4.78 is 16.9. The molecule has 2 aromatic carbocycles. The lowest BCUT2D eigenvalue weighted by Crippen LogP contribution is -2.26. The van der Waals surface area contributed by atoms with Gasteiger partial charge in [-0.15, -0.1) is 0 Å². The van der Waals surface area contributed by atoms with Gasteiger partial charge in [0.2, 0.25) is 0 Å². The zero-order chi connectivity index (χ0) is 27.3. The number of methoxy groups -OCH3 is 1. The van der Waals surface area contributed by atoms with Gasteiger partial charge in [-0.25, -0.2) is 0 Å². The van der Waals surface area contributed by atoms with E-state index in [4.69, 9.17) is 14.2 Å². The van der Waals surface area contributed by atoms with Crippen LogP contribution in [-0.4, -0.2) is 24.8 Å². The van der Waals surface area contributed by atoms with Crippen LogP contribution in [0.4, 0.5) is 0 Å². The molecule has 0 atom stereocenters. The zero-order valence-corrected chi connectivity index (χ0v) is 22.9. The molecule has 0 bridgehead atoms. The van der Waals surface area contributed by atoms with Gasteiger partial charge in [0.1, 0.15) is 17.2 Å². The van der Waals surface area contributed by atoms with Gasteiger partial charge < -0.3 is 14.2 Å². The Bertz CT molecular complexity index is 1140. The minimum atomic E-state index is -0.644. The van der Waals surface area contributed by atoms with E-state index >= 15 is 0 Å². The topological polar surface area (TPSA) is 78.9 Å². The van der Waals surface area contributed by atoms with Gasteiger partial charge in [0.05, 0.1) is 17.9 Å². The van der Waals surface area contributed by atoms with Crippen LogP contribution in [0, 0.1) is 10.8 Å². The number of carbonyl (C=O) groups is 3. The minimum absolute atomic E-state index is 0.204. The van der Waals surface area contributed by atoms with Crippen molar-refractivity contribution < 1.29 is 28.6 Å².